The number of carbonyl (C=O) groups is 1. The van der Waals surface area contributed by atoms with E-state index in [4.69, 9.17) is 39.5 Å². The number of esters is 1. The summed E-state index contributed by atoms with van der Waals surface area (Å²) in [6.07, 6.45) is -0.447. The van der Waals surface area contributed by atoms with E-state index in [0.29, 0.717) is 0 Å². The van der Waals surface area contributed by atoms with Gasteiger partial charge < -0.3 is 4.74 Å². The molecule has 0 saturated carbocycles. The highest BCUT2D eigenvalue weighted by atomic mass is 35.5. The van der Waals surface area contributed by atoms with Gasteiger partial charge in [0.2, 0.25) is 0 Å². The van der Waals surface area contributed by atoms with Crippen molar-refractivity contribution in [2.24, 2.45) is 0 Å². The number of carbonyl (C=O) groups excluding carboxylic acids is 1. The summed E-state index contributed by atoms with van der Waals surface area (Å²) in [6, 6.07) is 6.65. The topological polar surface area (TPSA) is 63.7 Å². The lowest BCUT2D eigenvalue weighted by atomic mass is 10.3. The fraction of sp³-hybridized carbons (Fsp3) is 0.235. The van der Waals surface area contributed by atoms with Crippen molar-refractivity contribution < 1.29 is 22.3 Å². The van der Waals surface area contributed by atoms with Gasteiger partial charge >= 0.3 is 5.97 Å². The fourth-order valence-electron chi connectivity index (χ4n) is 2.15. The van der Waals surface area contributed by atoms with E-state index < -0.39 is 34.5 Å². The zero-order valence-corrected chi connectivity index (χ0v) is 17.3. The molecular weight excluding hydrogens is 440 g/mol. The first-order valence-electron chi connectivity index (χ1n) is 7.64. The second-order valence-electron chi connectivity index (χ2n) is 5.72. The first-order chi connectivity index (χ1) is 12.5. The number of ether oxygens (including phenoxy) is 1. The summed E-state index contributed by atoms with van der Waals surface area (Å²) < 4.78 is 45.1. The van der Waals surface area contributed by atoms with E-state index in [0.717, 1.165) is 28.6 Å². The van der Waals surface area contributed by atoms with Gasteiger partial charge in [-0.05, 0) is 50.2 Å². The smallest absolute Gasteiger partial charge is 0.327 e. The molecule has 0 spiro atoms. The van der Waals surface area contributed by atoms with Crippen LogP contribution in [-0.4, -0.2) is 27.0 Å². The molecule has 0 unspecified atom stereocenters. The summed E-state index contributed by atoms with van der Waals surface area (Å²) in [5.41, 5.74) is -0.0592. The van der Waals surface area contributed by atoms with Crippen LogP contribution in [0.15, 0.2) is 41.3 Å². The second kappa shape index (κ2) is 8.65. The van der Waals surface area contributed by atoms with Crippen LogP contribution in [0.1, 0.15) is 13.8 Å². The molecule has 0 aliphatic carbocycles. The van der Waals surface area contributed by atoms with Gasteiger partial charge in [-0.15, -0.1) is 0 Å². The highest BCUT2D eigenvalue weighted by Gasteiger charge is 2.30. The highest BCUT2D eigenvalue weighted by molar-refractivity contribution is 7.92. The predicted octanol–water partition coefficient (Wildman–Crippen LogP) is 4.93. The van der Waals surface area contributed by atoms with Crippen molar-refractivity contribution >= 4 is 56.5 Å². The van der Waals surface area contributed by atoms with Crippen molar-refractivity contribution in [1.82, 2.24) is 0 Å². The average Bonchev–Trinajstić information content (AvgIpc) is 2.56. The summed E-state index contributed by atoms with van der Waals surface area (Å²) in [5, 5.41) is 0.134. The molecule has 0 N–H and O–H groups in total. The van der Waals surface area contributed by atoms with Gasteiger partial charge in [-0.3, -0.25) is 9.10 Å². The minimum atomic E-state index is -4.27. The van der Waals surface area contributed by atoms with E-state index in [9.17, 15) is 17.6 Å². The predicted molar refractivity (Wildman–Crippen MR) is 104 cm³/mol. The van der Waals surface area contributed by atoms with Crippen LogP contribution in [0.3, 0.4) is 0 Å². The summed E-state index contributed by atoms with van der Waals surface area (Å²) in [6.45, 7) is 2.60. The Kier molecular flexibility index (Phi) is 6.97. The summed E-state index contributed by atoms with van der Waals surface area (Å²) in [7, 11) is -4.27. The molecule has 10 heteroatoms. The molecule has 0 aliphatic rings. The Balaban J connectivity index is 2.57. The molecule has 27 heavy (non-hydrogen) atoms. The minimum absolute atomic E-state index is 0.0348. The zero-order chi connectivity index (χ0) is 20.4. The van der Waals surface area contributed by atoms with E-state index in [1.807, 2.05) is 0 Å². The number of anilines is 1. The maximum absolute atomic E-state index is 13.2. The normalized spacial score (nSPS) is 11.5. The number of hydrogen-bond donors (Lipinski definition) is 0. The molecule has 0 atom stereocenters. The van der Waals surface area contributed by atoms with Crippen molar-refractivity contribution in [1.29, 1.82) is 0 Å². The van der Waals surface area contributed by atoms with Crippen molar-refractivity contribution in [3.8, 4) is 0 Å². The molecule has 2 rings (SSSR count). The standard InChI is InChI=1S/C17H15Cl3FNO4S/c1-10(2)26-17(23)9-22(16-8-14(19)13(18)7-15(16)20)27(24,25)12-5-3-11(21)4-6-12/h3-8,10H,9H2,1-2H3. The summed E-state index contributed by atoms with van der Waals surface area (Å²) in [4.78, 5) is 11.9. The first kappa shape index (κ1) is 21.8. The average molecular weight is 455 g/mol. The van der Waals surface area contributed by atoms with Gasteiger partial charge in [0.25, 0.3) is 10.0 Å². The van der Waals surface area contributed by atoms with Gasteiger partial charge in [0.15, 0.2) is 0 Å². The van der Waals surface area contributed by atoms with E-state index in [1.54, 1.807) is 13.8 Å². The van der Waals surface area contributed by atoms with Crippen LogP contribution < -0.4 is 4.31 Å². The Morgan fingerprint density at radius 2 is 1.63 bits per heavy atom. The molecule has 0 aromatic heterocycles. The van der Waals surface area contributed by atoms with Gasteiger partial charge in [0, 0.05) is 0 Å². The quantitative estimate of drug-likeness (QED) is 0.458. The third-order valence-electron chi connectivity index (χ3n) is 3.30. The number of hydrogen-bond acceptors (Lipinski definition) is 4. The lowest BCUT2D eigenvalue weighted by molar-refractivity contribution is -0.145. The minimum Gasteiger partial charge on any atom is -0.462 e. The van der Waals surface area contributed by atoms with Crippen LogP contribution in [0.2, 0.25) is 15.1 Å². The molecule has 0 fully saturated rings. The van der Waals surface area contributed by atoms with Crippen molar-refractivity contribution in [3.63, 3.8) is 0 Å². The molecule has 2 aromatic carbocycles. The van der Waals surface area contributed by atoms with Gasteiger partial charge in [-0.2, -0.15) is 0 Å². The monoisotopic (exact) mass is 453 g/mol. The van der Waals surface area contributed by atoms with E-state index in [1.165, 1.54) is 12.1 Å². The van der Waals surface area contributed by atoms with E-state index >= 15 is 0 Å². The molecule has 0 bridgehead atoms. The summed E-state index contributed by atoms with van der Waals surface area (Å²) >= 11 is 18.0. The Morgan fingerprint density at radius 3 is 2.19 bits per heavy atom. The Morgan fingerprint density at radius 1 is 1.07 bits per heavy atom. The third kappa shape index (κ3) is 5.25. The number of sulfonamides is 1. The molecule has 2 aromatic rings. The van der Waals surface area contributed by atoms with Crippen molar-refractivity contribution in [2.75, 3.05) is 10.8 Å². The number of nitrogens with zero attached hydrogens (tertiary/aromatic N) is 1. The first-order valence-corrected chi connectivity index (χ1v) is 10.2. The van der Waals surface area contributed by atoms with Gasteiger partial charge in [0.1, 0.15) is 12.4 Å². The largest absolute Gasteiger partial charge is 0.462 e. The van der Waals surface area contributed by atoms with E-state index in [2.05, 4.69) is 0 Å². The maximum Gasteiger partial charge on any atom is 0.327 e. The van der Waals surface area contributed by atoms with Crippen LogP contribution in [0, 0.1) is 5.82 Å². The van der Waals surface area contributed by atoms with E-state index in [-0.39, 0.29) is 25.7 Å². The second-order valence-corrected chi connectivity index (χ2v) is 8.81. The maximum atomic E-state index is 13.2. The fourth-order valence-corrected chi connectivity index (χ4v) is 4.27. The third-order valence-corrected chi connectivity index (χ3v) is 6.10. The van der Waals surface area contributed by atoms with Crippen molar-refractivity contribution in [2.45, 2.75) is 24.8 Å². The van der Waals surface area contributed by atoms with Crippen LogP contribution in [-0.2, 0) is 19.6 Å². The molecular formula is C17H15Cl3FNO4S. The Bertz CT molecular complexity index is 949. The van der Waals surface area contributed by atoms with Gasteiger partial charge in [-0.1, -0.05) is 34.8 Å². The molecule has 146 valence electrons. The summed E-state index contributed by atoms with van der Waals surface area (Å²) in [5.74, 6) is -1.40. The molecule has 0 saturated heterocycles. The number of halogens is 4. The lowest BCUT2D eigenvalue weighted by Crippen LogP contribution is -2.37. The van der Waals surface area contributed by atoms with Gasteiger partial charge in [-0.25, -0.2) is 12.8 Å². The van der Waals surface area contributed by atoms with Crippen molar-refractivity contribution in [3.05, 3.63) is 57.3 Å². The zero-order valence-electron chi connectivity index (χ0n) is 14.2. The molecule has 0 heterocycles. The van der Waals surface area contributed by atoms with Crippen LogP contribution >= 0.6 is 34.8 Å². The molecule has 0 amide bonds. The van der Waals surface area contributed by atoms with Gasteiger partial charge in [0.05, 0.1) is 31.8 Å². The Hall–Kier alpha value is -1.54. The molecule has 0 radical (unpaired) electrons. The molecule has 5 nitrogen and oxygen atoms in total. The number of benzene rings is 2. The number of rotatable bonds is 6. The SMILES string of the molecule is CC(C)OC(=O)CN(c1cc(Cl)c(Cl)cc1Cl)S(=O)(=O)c1ccc(F)cc1. The van der Waals surface area contributed by atoms with Crippen LogP contribution in [0.5, 0.6) is 0 Å². The molecule has 0 aliphatic heterocycles. The van der Waals surface area contributed by atoms with Crippen LogP contribution in [0.25, 0.3) is 0 Å². The van der Waals surface area contributed by atoms with Crippen LogP contribution in [0.4, 0.5) is 10.1 Å². The Labute approximate surface area is 171 Å². The lowest BCUT2D eigenvalue weighted by Gasteiger charge is -2.25. The highest BCUT2D eigenvalue weighted by Crippen LogP contribution is 2.37.